The molecular weight excluding hydrogens is 352 g/mol. The van der Waals surface area contributed by atoms with Gasteiger partial charge in [0, 0.05) is 12.0 Å². The molecule has 2 aromatic rings. The summed E-state index contributed by atoms with van der Waals surface area (Å²) in [5.41, 5.74) is 2.62. The number of para-hydroxylation sites is 2. The van der Waals surface area contributed by atoms with E-state index < -0.39 is 0 Å². The number of hydrogen-bond donors (Lipinski definition) is 2. The Labute approximate surface area is 165 Å². The number of ether oxygens (including phenoxy) is 1. The summed E-state index contributed by atoms with van der Waals surface area (Å²) in [7, 11) is 0. The third-order valence-corrected chi connectivity index (χ3v) is 4.75. The molecule has 0 radical (unpaired) electrons. The molecule has 1 unspecified atom stereocenters. The van der Waals surface area contributed by atoms with Gasteiger partial charge in [-0.15, -0.1) is 0 Å². The number of anilines is 2. The van der Waals surface area contributed by atoms with E-state index in [9.17, 15) is 9.59 Å². The largest absolute Gasteiger partial charge is 0.494 e. The van der Waals surface area contributed by atoms with Crippen molar-refractivity contribution in [3.05, 3.63) is 65.7 Å². The zero-order valence-corrected chi connectivity index (χ0v) is 16.3. The van der Waals surface area contributed by atoms with Crippen LogP contribution in [0.2, 0.25) is 0 Å². The second kappa shape index (κ2) is 9.22. The van der Waals surface area contributed by atoms with Gasteiger partial charge in [-0.25, -0.2) is 0 Å². The number of nitrogens with one attached hydrogen (secondary N) is 2. The van der Waals surface area contributed by atoms with Gasteiger partial charge in [-0.2, -0.15) is 0 Å². The van der Waals surface area contributed by atoms with Gasteiger partial charge in [0.05, 0.1) is 18.0 Å². The van der Waals surface area contributed by atoms with Gasteiger partial charge in [-0.3, -0.25) is 9.59 Å². The van der Waals surface area contributed by atoms with Gasteiger partial charge in [0.1, 0.15) is 5.75 Å². The molecule has 5 heteroatoms. The second-order valence-corrected chi connectivity index (χ2v) is 6.93. The lowest BCUT2D eigenvalue weighted by molar-refractivity contribution is -0.116. The Balaban J connectivity index is 1.68. The zero-order valence-electron chi connectivity index (χ0n) is 16.3. The van der Waals surface area contributed by atoms with Crippen LogP contribution in [0.3, 0.4) is 0 Å². The minimum Gasteiger partial charge on any atom is -0.494 e. The number of aryl methyl sites for hydroxylation is 1. The smallest absolute Gasteiger partial charge is 0.255 e. The number of benzene rings is 2. The molecule has 0 heterocycles. The SMILES string of the molecule is CCOc1ccc(C(=O)Nc2ccccc2NC(=O)CC2C=CCC2)cc1C. The van der Waals surface area contributed by atoms with Crippen LogP contribution in [-0.2, 0) is 4.79 Å². The molecule has 3 rings (SSSR count). The molecule has 1 aliphatic rings. The number of allylic oxidation sites excluding steroid dienone is 2. The van der Waals surface area contributed by atoms with Crippen LogP contribution in [0.15, 0.2) is 54.6 Å². The minimum absolute atomic E-state index is 0.0461. The van der Waals surface area contributed by atoms with Crippen molar-refractivity contribution in [1.82, 2.24) is 0 Å². The lowest BCUT2D eigenvalue weighted by atomic mass is 10.0. The molecule has 5 nitrogen and oxygen atoms in total. The lowest BCUT2D eigenvalue weighted by Gasteiger charge is -2.14. The molecule has 0 aromatic heterocycles. The maximum atomic E-state index is 12.7. The van der Waals surface area contributed by atoms with Crippen molar-refractivity contribution in [3.8, 4) is 5.75 Å². The first-order valence-electron chi connectivity index (χ1n) is 9.67. The predicted molar refractivity (Wildman–Crippen MR) is 112 cm³/mol. The molecule has 146 valence electrons. The fourth-order valence-corrected chi connectivity index (χ4v) is 3.31. The standard InChI is InChI=1S/C23H26N2O3/c1-3-28-21-13-12-18(14-16(21)2)23(27)25-20-11-7-6-10-19(20)24-22(26)15-17-8-4-5-9-17/h4,6-8,10-14,17H,3,5,9,15H2,1-2H3,(H,24,26)(H,25,27). The topological polar surface area (TPSA) is 67.4 Å². The molecule has 0 saturated carbocycles. The normalized spacial score (nSPS) is 15.3. The highest BCUT2D eigenvalue weighted by molar-refractivity contribution is 6.07. The van der Waals surface area contributed by atoms with E-state index in [0.29, 0.717) is 35.9 Å². The Morgan fingerprint density at radius 3 is 2.50 bits per heavy atom. The first-order chi connectivity index (χ1) is 13.6. The maximum absolute atomic E-state index is 12.7. The minimum atomic E-state index is -0.230. The monoisotopic (exact) mass is 378 g/mol. The summed E-state index contributed by atoms with van der Waals surface area (Å²) in [6.45, 7) is 4.41. The zero-order chi connectivity index (χ0) is 19.9. The lowest BCUT2D eigenvalue weighted by Crippen LogP contribution is -2.18. The highest BCUT2D eigenvalue weighted by Crippen LogP contribution is 2.25. The van der Waals surface area contributed by atoms with E-state index in [2.05, 4.69) is 22.8 Å². The fraction of sp³-hybridized carbons (Fsp3) is 0.304. The fourth-order valence-electron chi connectivity index (χ4n) is 3.31. The average molecular weight is 378 g/mol. The van der Waals surface area contributed by atoms with Crippen LogP contribution in [-0.4, -0.2) is 18.4 Å². The Bertz CT molecular complexity index is 889. The van der Waals surface area contributed by atoms with Gasteiger partial charge in [0.2, 0.25) is 5.91 Å². The first kappa shape index (κ1) is 19.7. The van der Waals surface area contributed by atoms with Crippen molar-refractivity contribution in [3.63, 3.8) is 0 Å². The first-order valence-corrected chi connectivity index (χ1v) is 9.67. The number of carbonyl (C=O) groups excluding carboxylic acids is 2. The predicted octanol–water partition coefficient (Wildman–Crippen LogP) is 4.94. The highest BCUT2D eigenvalue weighted by atomic mass is 16.5. The van der Waals surface area contributed by atoms with Crippen molar-refractivity contribution >= 4 is 23.2 Å². The van der Waals surface area contributed by atoms with Crippen molar-refractivity contribution < 1.29 is 14.3 Å². The number of carbonyl (C=O) groups is 2. The van der Waals surface area contributed by atoms with Crippen molar-refractivity contribution in [2.24, 2.45) is 5.92 Å². The Morgan fingerprint density at radius 2 is 1.86 bits per heavy atom. The summed E-state index contributed by atoms with van der Waals surface area (Å²) in [5.74, 6) is 0.794. The molecule has 2 aromatic carbocycles. The molecule has 0 fully saturated rings. The van der Waals surface area contributed by atoms with Gasteiger partial charge in [-0.05, 0) is 68.5 Å². The van der Waals surface area contributed by atoms with Gasteiger partial charge in [0.25, 0.3) is 5.91 Å². The number of amides is 2. The van der Waals surface area contributed by atoms with Crippen LogP contribution >= 0.6 is 0 Å². The van der Waals surface area contributed by atoms with E-state index >= 15 is 0 Å². The van der Waals surface area contributed by atoms with Crippen LogP contribution < -0.4 is 15.4 Å². The Morgan fingerprint density at radius 1 is 1.11 bits per heavy atom. The Hall–Kier alpha value is -3.08. The molecule has 1 aliphatic carbocycles. The third kappa shape index (κ3) is 5.00. The van der Waals surface area contributed by atoms with E-state index in [1.807, 2.05) is 26.0 Å². The summed E-state index contributed by atoms with van der Waals surface area (Å²) in [6, 6.07) is 12.6. The van der Waals surface area contributed by atoms with E-state index in [-0.39, 0.29) is 11.8 Å². The van der Waals surface area contributed by atoms with E-state index in [0.717, 1.165) is 24.2 Å². The van der Waals surface area contributed by atoms with E-state index in [1.54, 1.807) is 30.3 Å². The maximum Gasteiger partial charge on any atom is 0.255 e. The van der Waals surface area contributed by atoms with Crippen LogP contribution in [0.1, 0.15) is 42.1 Å². The van der Waals surface area contributed by atoms with Gasteiger partial charge in [0.15, 0.2) is 0 Å². The van der Waals surface area contributed by atoms with E-state index in [1.165, 1.54) is 0 Å². The number of rotatable bonds is 7. The molecule has 2 N–H and O–H groups in total. The van der Waals surface area contributed by atoms with Crippen molar-refractivity contribution in [2.45, 2.75) is 33.1 Å². The molecule has 0 spiro atoms. The van der Waals surface area contributed by atoms with Crippen LogP contribution in [0.25, 0.3) is 0 Å². The summed E-state index contributed by atoms with van der Waals surface area (Å²) in [6.07, 6.45) is 6.72. The summed E-state index contributed by atoms with van der Waals surface area (Å²) in [5, 5.41) is 5.82. The summed E-state index contributed by atoms with van der Waals surface area (Å²) in [4.78, 5) is 25.0. The summed E-state index contributed by atoms with van der Waals surface area (Å²) < 4.78 is 5.52. The molecular formula is C23H26N2O3. The number of hydrogen-bond acceptors (Lipinski definition) is 3. The van der Waals surface area contributed by atoms with E-state index in [4.69, 9.17) is 4.74 Å². The average Bonchev–Trinajstić information content (AvgIpc) is 3.18. The summed E-state index contributed by atoms with van der Waals surface area (Å²) >= 11 is 0. The molecule has 28 heavy (non-hydrogen) atoms. The molecule has 1 atom stereocenters. The van der Waals surface area contributed by atoms with Crippen LogP contribution in [0, 0.1) is 12.8 Å². The second-order valence-electron chi connectivity index (χ2n) is 6.93. The van der Waals surface area contributed by atoms with Gasteiger partial charge in [-0.1, -0.05) is 24.3 Å². The highest BCUT2D eigenvalue weighted by Gasteiger charge is 2.16. The van der Waals surface area contributed by atoms with Crippen LogP contribution in [0.5, 0.6) is 5.75 Å². The molecule has 0 aliphatic heterocycles. The van der Waals surface area contributed by atoms with Gasteiger partial charge < -0.3 is 15.4 Å². The molecule has 2 amide bonds. The third-order valence-electron chi connectivity index (χ3n) is 4.75. The van der Waals surface area contributed by atoms with Crippen LogP contribution in [0.4, 0.5) is 11.4 Å². The molecule has 0 bridgehead atoms. The quantitative estimate of drug-likeness (QED) is 0.671. The van der Waals surface area contributed by atoms with Gasteiger partial charge >= 0.3 is 0 Å². The molecule has 0 saturated heterocycles. The van der Waals surface area contributed by atoms with Crippen molar-refractivity contribution in [1.29, 1.82) is 0 Å². The Kier molecular flexibility index (Phi) is 6.48. The van der Waals surface area contributed by atoms with Crippen molar-refractivity contribution in [2.75, 3.05) is 17.2 Å².